The number of hydrogen-bond acceptors (Lipinski definition) is 4. The van der Waals surface area contributed by atoms with Crippen molar-refractivity contribution in [2.75, 3.05) is 0 Å². The first-order valence-electron chi connectivity index (χ1n) is 10.1. The summed E-state index contributed by atoms with van der Waals surface area (Å²) in [6.07, 6.45) is 3.43. The number of unbranched alkanes of at least 4 members (excludes halogenated alkanes) is 1. The lowest BCUT2D eigenvalue weighted by atomic mass is 10.0. The summed E-state index contributed by atoms with van der Waals surface area (Å²) >= 11 is 8.90. The van der Waals surface area contributed by atoms with Gasteiger partial charge in [-0.2, -0.15) is 0 Å². The van der Waals surface area contributed by atoms with Gasteiger partial charge in [0.1, 0.15) is 17.5 Å². The summed E-state index contributed by atoms with van der Waals surface area (Å²) in [5.74, 6) is 3.23. The third kappa shape index (κ3) is 5.09. The van der Waals surface area contributed by atoms with E-state index in [0.717, 1.165) is 23.4 Å². The number of rotatable bonds is 5. The molecular weight excluding hydrogens is 487 g/mol. The van der Waals surface area contributed by atoms with Crippen molar-refractivity contribution in [3.05, 3.63) is 80.8 Å². The Balaban J connectivity index is 1.57. The van der Waals surface area contributed by atoms with E-state index in [0.29, 0.717) is 5.56 Å². The smallest absolute Gasteiger partial charge is 0.181 e. The molecule has 0 aliphatic carbocycles. The predicted molar refractivity (Wildman–Crippen MR) is 130 cm³/mol. The number of halogens is 4. The Bertz CT molecular complexity index is 1370. The van der Waals surface area contributed by atoms with Crippen LogP contribution in [0.4, 0.5) is 13.2 Å². The van der Waals surface area contributed by atoms with E-state index < -0.39 is 28.2 Å². The molecule has 2 aromatic heterocycles. The molecule has 2 heterocycles. The molecular formula is C25H17ClF3NOS2. The zero-order valence-electron chi connectivity index (χ0n) is 17.4. The SMILES string of the molecule is CCCCc1cc2sc(C#Cc3ccc(-c4cc(F)c(/C(Cl)=N/O)c(F)c4)c(F)c3)cc2s1. The fraction of sp³-hybridized carbons (Fsp3) is 0.160. The van der Waals surface area contributed by atoms with Crippen LogP contribution in [0.1, 0.15) is 40.6 Å². The lowest BCUT2D eigenvalue weighted by Crippen LogP contribution is -2.02. The molecule has 168 valence electrons. The molecule has 2 nitrogen and oxygen atoms in total. The van der Waals surface area contributed by atoms with E-state index in [1.807, 2.05) is 6.07 Å². The fourth-order valence-electron chi connectivity index (χ4n) is 3.36. The molecule has 0 spiro atoms. The van der Waals surface area contributed by atoms with Crippen LogP contribution in [-0.2, 0) is 6.42 Å². The molecule has 0 unspecified atom stereocenters. The second-order valence-corrected chi connectivity index (χ2v) is 9.92. The van der Waals surface area contributed by atoms with Gasteiger partial charge < -0.3 is 5.21 Å². The van der Waals surface area contributed by atoms with Gasteiger partial charge in [-0.1, -0.05) is 48.0 Å². The van der Waals surface area contributed by atoms with Crippen molar-refractivity contribution in [2.45, 2.75) is 26.2 Å². The van der Waals surface area contributed by atoms with E-state index in [1.54, 1.807) is 28.7 Å². The Labute approximate surface area is 202 Å². The maximum absolute atomic E-state index is 14.7. The van der Waals surface area contributed by atoms with Crippen molar-refractivity contribution in [3.63, 3.8) is 0 Å². The summed E-state index contributed by atoms with van der Waals surface area (Å²) in [4.78, 5) is 2.27. The van der Waals surface area contributed by atoms with Gasteiger partial charge in [0.05, 0.1) is 10.4 Å². The van der Waals surface area contributed by atoms with Crippen LogP contribution in [-0.4, -0.2) is 10.4 Å². The Morgan fingerprint density at radius 1 is 0.970 bits per heavy atom. The van der Waals surface area contributed by atoms with Gasteiger partial charge in [-0.25, -0.2) is 13.2 Å². The second-order valence-electron chi connectivity index (χ2n) is 7.31. The quantitative estimate of drug-likeness (QED) is 0.127. The van der Waals surface area contributed by atoms with E-state index in [2.05, 4.69) is 30.0 Å². The number of thiophene rings is 2. The molecule has 2 aromatic carbocycles. The highest BCUT2D eigenvalue weighted by atomic mass is 35.5. The Hall–Kier alpha value is -2.79. The van der Waals surface area contributed by atoms with Crippen LogP contribution in [0.15, 0.2) is 47.6 Å². The molecule has 0 saturated heterocycles. The maximum Gasteiger partial charge on any atom is 0.181 e. The van der Waals surface area contributed by atoms with Gasteiger partial charge in [0, 0.05) is 25.4 Å². The summed E-state index contributed by atoms with van der Waals surface area (Å²) < 4.78 is 45.6. The van der Waals surface area contributed by atoms with Gasteiger partial charge in [0.15, 0.2) is 5.17 Å². The van der Waals surface area contributed by atoms with Gasteiger partial charge in [-0.05, 0) is 54.8 Å². The van der Waals surface area contributed by atoms with Gasteiger partial charge in [-0.3, -0.25) is 0 Å². The molecule has 0 bridgehead atoms. The van der Waals surface area contributed by atoms with Crippen LogP contribution < -0.4 is 0 Å². The summed E-state index contributed by atoms with van der Waals surface area (Å²) in [5, 5.41) is 10.5. The average molecular weight is 504 g/mol. The molecule has 4 aromatic rings. The number of benzene rings is 2. The van der Waals surface area contributed by atoms with E-state index >= 15 is 0 Å². The predicted octanol–water partition coefficient (Wildman–Crippen LogP) is 8.16. The van der Waals surface area contributed by atoms with Crippen molar-refractivity contribution in [3.8, 4) is 23.0 Å². The average Bonchev–Trinajstić information content (AvgIpc) is 3.34. The highest BCUT2D eigenvalue weighted by Gasteiger charge is 2.18. The van der Waals surface area contributed by atoms with Crippen LogP contribution in [0.3, 0.4) is 0 Å². The van der Waals surface area contributed by atoms with Gasteiger partial charge in [0.25, 0.3) is 0 Å². The van der Waals surface area contributed by atoms with Crippen LogP contribution in [0.5, 0.6) is 0 Å². The largest absolute Gasteiger partial charge is 0.410 e. The first kappa shape index (κ1) is 23.4. The molecule has 0 saturated carbocycles. The van der Waals surface area contributed by atoms with Gasteiger partial charge >= 0.3 is 0 Å². The molecule has 1 N–H and O–H groups in total. The second kappa shape index (κ2) is 10.0. The van der Waals surface area contributed by atoms with E-state index in [1.165, 1.54) is 39.3 Å². The number of fused-ring (bicyclic) bond motifs is 1. The normalized spacial score (nSPS) is 11.6. The van der Waals surface area contributed by atoms with Crippen molar-refractivity contribution in [1.29, 1.82) is 0 Å². The molecule has 8 heteroatoms. The molecule has 0 atom stereocenters. The van der Waals surface area contributed by atoms with E-state index in [4.69, 9.17) is 16.8 Å². The monoisotopic (exact) mass is 503 g/mol. The van der Waals surface area contributed by atoms with Crippen molar-refractivity contribution in [2.24, 2.45) is 5.16 Å². The summed E-state index contributed by atoms with van der Waals surface area (Å²) in [7, 11) is 0. The van der Waals surface area contributed by atoms with Crippen molar-refractivity contribution in [1.82, 2.24) is 0 Å². The molecule has 0 fully saturated rings. The van der Waals surface area contributed by atoms with Crippen LogP contribution in [0.25, 0.3) is 20.5 Å². The lowest BCUT2D eigenvalue weighted by molar-refractivity contribution is 0.320. The molecule has 33 heavy (non-hydrogen) atoms. The Kier molecular flexibility index (Phi) is 7.08. The molecule has 0 aliphatic rings. The van der Waals surface area contributed by atoms with Crippen LogP contribution >= 0.6 is 34.3 Å². The lowest BCUT2D eigenvalue weighted by Gasteiger charge is -2.08. The zero-order chi connectivity index (χ0) is 23.5. The van der Waals surface area contributed by atoms with Crippen molar-refractivity contribution < 1.29 is 18.4 Å². The van der Waals surface area contributed by atoms with E-state index in [-0.39, 0.29) is 11.1 Å². The molecule has 0 radical (unpaired) electrons. The highest BCUT2D eigenvalue weighted by Crippen LogP contribution is 2.34. The van der Waals surface area contributed by atoms with Gasteiger partial charge in [-0.15, -0.1) is 22.7 Å². The van der Waals surface area contributed by atoms with Gasteiger partial charge in [0.2, 0.25) is 0 Å². The molecule has 0 aliphatic heterocycles. The minimum atomic E-state index is -1.06. The molecule has 0 amide bonds. The summed E-state index contributed by atoms with van der Waals surface area (Å²) in [6.45, 7) is 2.18. The minimum absolute atomic E-state index is 0.00876. The van der Waals surface area contributed by atoms with E-state index in [9.17, 15) is 13.2 Å². The maximum atomic E-state index is 14.7. The van der Waals surface area contributed by atoms with Crippen LogP contribution in [0, 0.1) is 29.3 Å². The van der Waals surface area contributed by atoms with Crippen LogP contribution in [0.2, 0.25) is 0 Å². The topological polar surface area (TPSA) is 32.6 Å². The summed E-state index contributed by atoms with van der Waals surface area (Å²) in [5.41, 5.74) is -0.229. The number of nitrogens with zero attached hydrogens (tertiary/aromatic N) is 1. The minimum Gasteiger partial charge on any atom is -0.410 e. The van der Waals surface area contributed by atoms with Crippen molar-refractivity contribution >= 4 is 48.8 Å². The Morgan fingerprint density at radius 3 is 2.33 bits per heavy atom. The third-order valence-corrected chi connectivity index (χ3v) is 7.51. The fourth-order valence-corrected chi connectivity index (χ4v) is 5.86. The zero-order valence-corrected chi connectivity index (χ0v) is 19.8. The Morgan fingerprint density at radius 2 is 1.70 bits per heavy atom. The first-order valence-corrected chi connectivity index (χ1v) is 12.1. The number of oxime groups is 1. The number of aryl methyl sites for hydroxylation is 1. The number of hydrogen-bond donors (Lipinski definition) is 1. The standard InChI is InChI=1S/C25H17ClF3NOS2/c1-2-3-4-16-12-22-23(32-16)13-17(33-22)7-5-14-6-8-18(19(27)9-14)15-10-20(28)24(21(29)11-15)25(26)30-31/h6,8-13,31H,2-4H2,1H3/b30-25-. The third-order valence-electron chi connectivity index (χ3n) is 4.98. The highest BCUT2D eigenvalue weighted by molar-refractivity contribution is 7.28. The summed E-state index contributed by atoms with van der Waals surface area (Å²) in [6, 6.07) is 10.4. The molecule has 4 rings (SSSR count). The first-order chi connectivity index (χ1) is 15.9.